The molecule has 1 saturated heterocycles. The van der Waals surface area contributed by atoms with E-state index in [0.29, 0.717) is 5.41 Å². The zero-order valence-electron chi connectivity index (χ0n) is 9.84. The molecule has 0 amide bonds. The number of ether oxygens (including phenoxy) is 2. The molecule has 0 bridgehead atoms. The van der Waals surface area contributed by atoms with Crippen LogP contribution in [0.1, 0.15) is 19.8 Å². The number of hydrogen-bond donors (Lipinski definition) is 0. The highest BCUT2D eigenvalue weighted by Crippen LogP contribution is 2.31. The second-order valence-corrected chi connectivity index (χ2v) is 8.30. The van der Waals surface area contributed by atoms with Crippen LogP contribution in [-0.4, -0.2) is 35.2 Å². The van der Waals surface area contributed by atoms with Gasteiger partial charge in [-0.3, -0.25) is 0 Å². The standard InChI is InChI=1S/C11H24O2Si/c1-4-11(9-13-10-11)8-12-6-5-7-14(2)3/h14H,4-10H2,1-3H3. The molecule has 1 heterocycles. The lowest BCUT2D eigenvalue weighted by atomic mass is 9.84. The van der Waals surface area contributed by atoms with Gasteiger partial charge in [0.2, 0.25) is 0 Å². The van der Waals surface area contributed by atoms with E-state index in [-0.39, 0.29) is 8.80 Å². The summed E-state index contributed by atoms with van der Waals surface area (Å²) in [7, 11) is -0.360. The van der Waals surface area contributed by atoms with Gasteiger partial charge in [-0.1, -0.05) is 26.1 Å². The largest absolute Gasteiger partial charge is 0.381 e. The minimum Gasteiger partial charge on any atom is -0.381 e. The van der Waals surface area contributed by atoms with Gasteiger partial charge in [0.25, 0.3) is 0 Å². The Bertz CT molecular complexity index is 150. The summed E-state index contributed by atoms with van der Waals surface area (Å²) in [4.78, 5) is 0. The Morgan fingerprint density at radius 3 is 2.50 bits per heavy atom. The van der Waals surface area contributed by atoms with Crippen LogP contribution in [0.5, 0.6) is 0 Å². The molecule has 1 aliphatic rings. The molecule has 2 nitrogen and oxygen atoms in total. The average molecular weight is 216 g/mol. The second-order valence-electron chi connectivity index (χ2n) is 4.94. The molecule has 0 unspecified atom stereocenters. The van der Waals surface area contributed by atoms with Gasteiger partial charge in [-0.05, 0) is 12.8 Å². The van der Waals surface area contributed by atoms with Crippen molar-refractivity contribution >= 4 is 8.80 Å². The molecule has 0 aromatic rings. The normalized spacial score (nSPS) is 19.7. The minimum atomic E-state index is -0.360. The molecule has 0 aliphatic carbocycles. The Hall–Kier alpha value is 0.137. The maximum Gasteiger partial charge on any atom is 0.0566 e. The molecule has 0 spiro atoms. The van der Waals surface area contributed by atoms with E-state index < -0.39 is 0 Å². The van der Waals surface area contributed by atoms with E-state index in [4.69, 9.17) is 9.47 Å². The van der Waals surface area contributed by atoms with Gasteiger partial charge in [-0.15, -0.1) is 0 Å². The maximum atomic E-state index is 5.72. The predicted octanol–water partition coefficient (Wildman–Crippen LogP) is 2.31. The first-order valence-electron chi connectivity index (χ1n) is 5.84. The van der Waals surface area contributed by atoms with Gasteiger partial charge in [0.05, 0.1) is 19.8 Å². The molecule has 0 atom stereocenters. The van der Waals surface area contributed by atoms with Gasteiger partial charge in [-0.25, -0.2) is 0 Å². The monoisotopic (exact) mass is 216 g/mol. The molecular formula is C11H24O2Si. The van der Waals surface area contributed by atoms with E-state index in [1.165, 1.54) is 18.9 Å². The van der Waals surface area contributed by atoms with Crippen LogP contribution in [-0.2, 0) is 9.47 Å². The third-order valence-corrected chi connectivity index (χ3v) is 4.61. The summed E-state index contributed by atoms with van der Waals surface area (Å²) in [6.45, 7) is 10.7. The Morgan fingerprint density at radius 2 is 2.07 bits per heavy atom. The van der Waals surface area contributed by atoms with Crippen LogP contribution < -0.4 is 0 Å². The van der Waals surface area contributed by atoms with Crippen LogP contribution in [0.15, 0.2) is 0 Å². The van der Waals surface area contributed by atoms with Crippen LogP contribution in [0, 0.1) is 5.41 Å². The SMILES string of the molecule is CCC1(COCCC[SiH](C)C)COC1. The van der Waals surface area contributed by atoms with Gasteiger partial charge in [0, 0.05) is 20.8 Å². The topological polar surface area (TPSA) is 18.5 Å². The molecule has 0 aromatic heterocycles. The molecule has 3 heteroatoms. The summed E-state index contributed by atoms with van der Waals surface area (Å²) in [5.74, 6) is 0. The molecule has 1 rings (SSSR count). The van der Waals surface area contributed by atoms with Crippen LogP contribution in [0.2, 0.25) is 19.1 Å². The molecular weight excluding hydrogens is 192 g/mol. The molecule has 0 saturated carbocycles. The van der Waals surface area contributed by atoms with E-state index in [0.717, 1.165) is 26.4 Å². The summed E-state index contributed by atoms with van der Waals surface area (Å²) < 4.78 is 11.0. The van der Waals surface area contributed by atoms with Crippen molar-refractivity contribution < 1.29 is 9.47 Å². The lowest BCUT2D eigenvalue weighted by Gasteiger charge is -2.40. The molecule has 1 aliphatic heterocycles. The van der Waals surface area contributed by atoms with Crippen LogP contribution >= 0.6 is 0 Å². The fourth-order valence-electron chi connectivity index (χ4n) is 1.66. The number of hydrogen-bond acceptors (Lipinski definition) is 2. The van der Waals surface area contributed by atoms with Gasteiger partial charge in [-0.2, -0.15) is 0 Å². The van der Waals surface area contributed by atoms with Crippen molar-refractivity contribution in [2.75, 3.05) is 26.4 Å². The fraction of sp³-hybridized carbons (Fsp3) is 1.00. The first kappa shape index (κ1) is 12.2. The highest BCUT2D eigenvalue weighted by Gasteiger charge is 2.36. The quantitative estimate of drug-likeness (QED) is 0.480. The Morgan fingerprint density at radius 1 is 1.36 bits per heavy atom. The number of rotatable bonds is 7. The van der Waals surface area contributed by atoms with Crippen molar-refractivity contribution in [1.29, 1.82) is 0 Å². The lowest BCUT2D eigenvalue weighted by Crippen LogP contribution is -2.45. The molecule has 84 valence electrons. The maximum absolute atomic E-state index is 5.72. The molecule has 0 aromatic carbocycles. The molecule has 0 radical (unpaired) electrons. The molecule has 14 heavy (non-hydrogen) atoms. The molecule has 1 fully saturated rings. The highest BCUT2D eigenvalue weighted by molar-refractivity contribution is 6.55. The van der Waals surface area contributed by atoms with Crippen molar-refractivity contribution in [2.24, 2.45) is 5.41 Å². The summed E-state index contributed by atoms with van der Waals surface area (Å²) in [5, 5.41) is 0. The predicted molar refractivity (Wildman–Crippen MR) is 62.7 cm³/mol. The summed E-state index contributed by atoms with van der Waals surface area (Å²) in [6.07, 6.45) is 2.44. The van der Waals surface area contributed by atoms with Crippen LogP contribution in [0.4, 0.5) is 0 Å². The van der Waals surface area contributed by atoms with Crippen LogP contribution in [0.25, 0.3) is 0 Å². The Kier molecular flexibility index (Phi) is 5.13. The van der Waals surface area contributed by atoms with Gasteiger partial charge in [0.1, 0.15) is 0 Å². The Balaban J connectivity index is 1.97. The van der Waals surface area contributed by atoms with E-state index in [2.05, 4.69) is 20.0 Å². The second kappa shape index (κ2) is 5.88. The fourth-order valence-corrected chi connectivity index (χ4v) is 2.65. The minimum absolute atomic E-state index is 0.360. The zero-order chi connectivity index (χ0) is 10.4. The third-order valence-electron chi connectivity index (χ3n) is 3.04. The van der Waals surface area contributed by atoms with Crippen LogP contribution in [0.3, 0.4) is 0 Å². The van der Waals surface area contributed by atoms with Crippen molar-refractivity contribution in [2.45, 2.75) is 38.9 Å². The highest BCUT2D eigenvalue weighted by atomic mass is 28.3. The van der Waals surface area contributed by atoms with Gasteiger partial charge in [0.15, 0.2) is 0 Å². The van der Waals surface area contributed by atoms with Crippen molar-refractivity contribution in [3.8, 4) is 0 Å². The Labute approximate surface area is 89.6 Å². The summed E-state index contributed by atoms with van der Waals surface area (Å²) in [5.41, 5.74) is 0.370. The average Bonchev–Trinajstić information content (AvgIpc) is 2.08. The van der Waals surface area contributed by atoms with Crippen molar-refractivity contribution in [3.05, 3.63) is 0 Å². The van der Waals surface area contributed by atoms with E-state index in [9.17, 15) is 0 Å². The lowest BCUT2D eigenvalue weighted by molar-refractivity contribution is -0.150. The zero-order valence-corrected chi connectivity index (χ0v) is 11.0. The smallest absolute Gasteiger partial charge is 0.0566 e. The first-order valence-corrected chi connectivity index (χ1v) is 8.96. The summed E-state index contributed by atoms with van der Waals surface area (Å²) in [6, 6.07) is 1.41. The molecule has 0 N–H and O–H groups in total. The van der Waals surface area contributed by atoms with Crippen molar-refractivity contribution in [1.82, 2.24) is 0 Å². The summed E-state index contributed by atoms with van der Waals surface area (Å²) >= 11 is 0. The van der Waals surface area contributed by atoms with E-state index >= 15 is 0 Å². The van der Waals surface area contributed by atoms with Gasteiger partial charge >= 0.3 is 0 Å². The van der Waals surface area contributed by atoms with Crippen molar-refractivity contribution in [3.63, 3.8) is 0 Å². The third kappa shape index (κ3) is 3.71. The van der Waals surface area contributed by atoms with E-state index in [1.807, 2.05) is 0 Å². The first-order chi connectivity index (χ1) is 6.68. The van der Waals surface area contributed by atoms with E-state index in [1.54, 1.807) is 0 Å². The van der Waals surface area contributed by atoms with Gasteiger partial charge < -0.3 is 9.47 Å².